The van der Waals surface area contributed by atoms with Crippen LogP contribution in [0.15, 0.2) is 134 Å². The number of benzene rings is 4. The summed E-state index contributed by atoms with van der Waals surface area (Å²) >= 11 is 0. The number of nitrogens with two attached hydrogens (primary N) is 1. The monoisotopic (exact) mass is 891 g/mol. The number of likely N-dealkylation sites (tertiary alicyclic amines) is 2. The predicted octanol–water partition coefficient (Wildman–Crippen LogP) is 10.4. The van der Waals surface area contributed by atoms with Crippen molar-refractivity contribution in [3.8, 4) is 0 Å². The average Bonchev–Trinajstić information content (AvgIpc) is 4.14. The van der Waals surface area contributed by atoms with E-state index in [0.717, 1.165) is 63.3 Å². The maximum Gasteiger partial charge on any atom is 0.418 e. The van der Waals surface area contributed by atoms with Crippen LogP contribution in [0.1, 0.15) is 66.3 Å². The molecule has 0 aliphatic carbocycles. The van der Waals surface area contributed by atoms with Gasteiger partial charge >= 0.3 is 6.09 Å². The number of anilines is 1. The van der Waals surface area contributed by atoms with Crippen molar-refractivity contribution in [3.05, 3.63) is 150 Å². The Labute approximate surface area is 384 Å². The molecule has 0 spiro atoms. The molecular formula is C51H70N8O6. The lowest BCUT2D eigenvalue weighted by molar-refractivity contribution is -0.445. The molecule has 10 rings (SSSR count). The smallest absolute Gasteiger partial charge is 0.418 e. The lowest BCUT2D eigenvalue weighted by Crippen LogP contribution is -2.31. The molecule has 7 aromatic rings. The van der Waals surface area contributed by atoms with E-state index in [9.17, 15) is 14.4 Å². The number of amides is 2. The van der Waals surface area contributed by atoms with Gasteiger partial charge in [0.1, 0.15) is 5.60 Å². The average molecular weight is 891 g/mol. The molecule has 3 aliphatic heterocycles. The third-order valence-electron chi connectivity index (χ3n) is 9.96. The van der Waals surface area contributed by atoms with Crippen molar-refractivity contribution in [2.24, 2.45) is 5.73 Å². The molecule has 3 aliphatic rings. The third kappa shape index (κ3) is 19.1. The zero-order valence-corrected chi connectivity index (χ0v) is 39.1. The van der Waals surface area contributed by atoms with Crippen LogP contribution >= 0.6 is 0 Å². The molecule has 6 heterocycles. The standard InChI is InChI=1S/C13H15NO2.C8H9N.2C8H7N.2C6H11NO.CH3NO2.CH5N.H2/c1-13(2,3)16-12(15)14-9-8-10-6-4-5-7-11(10)14;3*1-2-4-8-7(3-1)5-6-9-8;2*1-7-5-3-2-4-6(7)8;1-2(3)4;1-2;/h4-9H,1-3H3;1-4,9H,5-6H2;2*1-6,9H;2*2-5H2,1H3;1H3;2H2,1H3;1H. The highest BCUT2D eigenvalue weighted by atomic mass is 16.6. The molecular weight excluding hydrogens is 821 g/mol. The molecule has 14 heteroatoms. The van der Waals surface area contributed by atoms with Crippen molar-refractivity contribution in [1.29, 1.82) is 0 Å². The topological polar surface area (TPSA) is 185 Å². The van der Waals surface area contributed by atoms with Gasteiger partial charge in [0.05, 0.1) is 5.52 Å². The first-order valence-corrected chi connectivity index (χ1v) is 22.0. The number of para-hydroxylation sites is 4. The Kier molecular flexibility index (Phi) is 22.6. The van der Waals surface area contributed by atoms with Crippen LogP contribution in [-0.2, 0) is 20.7 Å². The number of nitrogens with zero attached hydrogens (tertiary/aromatic N) is 4. The van der Waals surface area contributed by atoms with Gasteiger partial charge in [-0.3, -0.25) is 24.3 Å². The van der Waals surface area contributed by atoms with Crippen LogP contribution in [0.3, 0.4) is 0 Å². The van der Waals surface area contributed by atoms with E-state index >= 15 is 0 Å². The minimum atomic E-state index is -0.500. The summed E-state index contributed by atoms with van der Waals surface area (Å²) in [5.41, 5.74) is 10.1. The molecule has 0 radical (unpaired) electrons. The first-order valence-electron chi connectivity index (χ1n) is 22.0. The van der Waals surface area contributed by atoms with Crippen molar-refractivity contribution < 1.29 is 25.5 Å². The maximum atomic E-state index is 11.9. The van der Waals surface area contributed by atoms with E-state index in [-0.39, 0.29) is 7.52 Å². The van der Waals surface area contributed by atoms with E-state index < -0.39 is 10.5 Å². The summed E-state index contributed by atoms with van der Waals surface area (Å²) in [7, 11) is 6.11. The van der Waals surface area contributed by atoms with Gasteiger partial charge in [0.25, 0.3) is 0 Å². The largest absolute Gasteiger partial charge is 0.443 e. The lowest BCUT2D eigenvalue weighted by Gasteiger charge is -2.21. The molecule has 5 N–H and O–H groups in total. The van der Waals surface area contributed by atoms with Crippen LogP contribution in [0.25, 0.3) is 32.7 Å². The second-order valence-corrected chi connectivity index (χ2v) is 16.2. The molecule has 0 unspecified atom stereocenters. The van der Waals surface area contributed by atoms with Gasteiger partial charge in [0.15, 0.2) is 7.05 Å². The van der Waals surface area contributed by atoms with Gasteiger partial charge in [-0.25, -0.2) is 4.79 Å². The van der Waals surface area contributed by atoms with Crippen LogP contribution in [-0.4, -0.2) is 101 Å². The number of aromatic nitrogens is 3. The number of ether oxygens (including phenoxy) is 1. The number of hydrogen-bond donors (Lipinski definition) is 4. The SMILES string of the molecule is CC(C)(C)OC(=O)n1ccc2ccccc21.CN.CN1CCCCC1=O.CN1CCCCC1=O.C[N+](=O)[O-].[HH].c1ccc2[nH]ccc2c1.c1ccc2[nH]ccc2c1.c1ccc2c(c1)CCN2. The molecule has 3 aromatic heterocycles. The number of rotatable bonds is 0. The summed E-state index contributed by atoms with van der Waals surface area (Å²) in [5, 5.41) is 15.7. The summed E-state index contributed by atoms with van der Waals surface area (Å²) in [5.74, 6) is 0.604. The molecule has 65 heavy (non-hydrogen) atoms. The Balaban J connectivity index is 0.000000269. The number of piperidine rings is 2. The summed E-state index contributed by atoms with van der Waals surface area (Å²) in [6, 6.07) is 38.7. The van der Waals surface area contributed by atoms with E-state index in [1.54, 1.807) is 16.0 Å². The number of H-pyrrole nitrogens is 2. The number of nitro groups is 1. The summed E-state index contributed by atoms with van der Waals surface area (Å²) in [6.07, 6.45) is 12.5. The molecule has 2 fully saturated rings. The first kappa shape index (κ1) is 52.4. The number of fused-ring (bicyclic) bond motifs is 4. The van der Waals surface area contributed by atoms with Crippen LogP contribution in [0, 0.1) is 10.1 Å². The molecule has 0 atom stereocenters. The number of carbonyl (C=O) groups is 3. The van der Waals surface area contributed by atoms with Crippen LogP contribution < -0.4 is 11.1 Å². The van der Waals surface area contributed by atoms with Crippen molar-refractivity contribution in [3.63, 3.8) is 0 Å². The quantitative estimate of drug-likeness (QED) is 0.0856. The van der Waals surface area contributed by atoms with Gasteiger partial charge in [0.2, 0.25) is 11.8 Å². The fraction of sp³-hybridized carbons (Fsp3) is 0.353. The van der Waals surface area contributed by atoms with Crippen molar-refractivity contribution in [1.82, 2.24) is 24.3 Å². The first-order chi connectivity index (χ1) is 31.2. The number of carbonyl (C=O) groups excluding carboxylic acids is 3. The number of hydrogen-bond acceptors (Lipinski definition) is 8. The van der Waals surface area contributed by atoms with Crippen LogP contribution in [0.5, 0.6) is 0 Å². The zero-order chi connectivity index (χ0) is 47.6. The zero-order valence-electron chi connectivity index (χ0n) is 39.1. The van der Waals surface area contributed by atoms with E-state index in [0.29, 0.717) is 11.8 Å². The minimum Gasteiger partial charge on any atom is -0.443 e. The van der Waals surface area contributed by atoms with Gasteiger partial charge in [-0.05, 0) is 119 Å². The maximum absolute atomic E-state index is 11.9. The predicted molar refractivity (Wildman–Crippen MR) is 267 cm³/mol. The Morgan fingerprint density at radius 2 is 1.14 bits per heavy atom. The summed E-state index contributed by atoms with van der Waals surface area (Å²) in [6.45, 7) is 8.60. The highest BCUT2D eigenvalue weighted by Crippen LogP contribution is 2.20. The Morgan fingerprint density at radius 3 is 1.58 bits per heavy atom. The molecule has 14 nitrogen and oxygen atoms in total. The van der Waals surface area contributed by atoms with E-state index in [2.05, 4.69) is 81.7 Å². The van der Waals surface area contributed by atoms with Gasteiger partial charge in [-0.1, -0.05) is 72.8 Å². The molecule has 2 saturated heterocycles. The number of aromatic amines is 2. The highest BCUT2D eigenvalue weighted by molar-refractivity contribution is 5.89. The summed E-state index contributed by atoms with van der Waals surface area (Å²) < 4.78 is 6.84. The second kappa shape index (κ2) is 28.0. The van der Waals surface area contributed by atoms with Crippen LogP contribution in [0.4, 0.5) is 10.5 Å². The van der Waals surface area contributed by atoms with Crippen molar-refractivity contribution in [2.45, 2.75) is 71.3 Å². The van der Waals surface area contributed by atoms with Gasteiger partial charge in [-0.2, -0.15) is 0 Å². The third-order valence-corrected chi connectivity index (χ3v) is 9.96. The normalized spacial score (nSPS) is 13.5. The fourth-order valence-electron chi connectivity index (χ4n) is 6.67. The number of nitrogens with one attached hydrogen (secondary N) is 3. The Bertz CT molecular complexity index is 2310. The van der Waals surface area contributed by atoms with Crippen molar-refractivity contribution >= 4 is 56.3 Å². The molecule has 2 amide bonds. The molecule has 0 saturated carbocycles. The van der Waals surface area contributed by atoms with Gasteiger partial charge in [-0.15, -0.1) is 0 Å². The van der Waals surface area contributed by atoms with Gasteiger partial charge in [0, 0.05) is 93.6 Å². The Morgan fingerprint density at radius 1 is 0.677 bits per heavy atom. The van der Waals surface area contributed by atoms with Crippen molar-refractivity contribution in [2.75, 3.05) is 53.1 Å². The summed E-state index contributed by atoms with van der Waals surface area (Å²) in [4.78, 5) is 51.5. The van der Waals surface area contributed by atoms with E-state index in [1.807, 2.05) is 102 Å². The lowest BCUT2D eigenvalue weighted by atomic mass is 10.1. The molecule has 4 aromatic carbocycles. The van der Waals surface area contributed by atoms with E-state index in [1.165, 1.54) is 63.9 Å². The van der Waals surface area contributed by atoms with Crippen LogP contribution in [0.2, 0.25) is 0 Å². The minimum absolute atomic E-state index is 0. The fourth-order valence-corrected chi connectivity index (χ4v) is 6.67. The van der Waals surface area contributed by atoms with E-state index in [4.69, 9.17) is 14.9 Å². The highest BCUT2D eigenvalue weighted by Gasteiger charge is 2.18. The molecule has 350 valence electrons. The van der Waals surface area contributed by atoms with Gasteiger partial charge < -0.3 is 35.6 Å². The molecule has 0 bridgehead atoms. The second-order valence-electron chi connectivity index (χ2n) is 16.2. The Hall–Kier alpha value is -6.93.